The third-order valence-electron chi connectivity index (χ3n) is 3.19. The molecule has 0 heterocycles. The summed E-state index contributed by atoms with van der Waals surface area (Å²) in [6.45, 7) is 3.39. The third kappa shape index (κ3) is 5.18. The summed E-state index contributed by atoms with van der Waals surface area (Å²) in [6, 6.07) is 7.42. The Morgan fingerprint density at radius 3 is 2.33 bits per heavy atom. The van der Waals surface area contributed by atoms with Crippen LogP contribution in [0.2, 0.25) is 0 Å². The maximum absolute atomic E-state index is 9.72. The van der Waals surface area contributed by atoms with Crippen molar-refractivity contribution in [3.63, 3.8) is 0 Å². The van der Waals surface area contributed by atoms with Gasteiger partial charge in [0.1, 0.15) is 24.4 Å². The average Bonchev–Trinajstić information content (AvgIpc) is 2.50. The van der Waals surface area contributed by atoms with E-state index in [0.717, 1.165) is 11.8 Å². The Morgan fingerprint density at radius 2 is 1.76 bits per heavy atom. The maximum Gasteiger partial charge on any atom is 0.118 e. The molecule has 0 aliphatic heterocycles. The van der Waals surface area contributed by atoms with Crippen LogP contribution in [0, 0.1) is 0 Å². The molecule has 0 bridgehead atoms. The topological polar surface area (TPSA) is 114 Å². The summed E-state index contributed by atoms with van der Waals surface area (Å²) in [4.78, 5) is 4.05. The summed E-state index contributed by atoms with van der Waals surface area (Å²) in [5.41, 5.74) is 1.71. The number of aliphatic hydroxyl groups is 5. The fraction of sp³-hybridized carbons (Fsp3) is 0.533. The number of hydrogen-bond donors (Lipinski definition) is 5. The number of aliphatic imine (C=N–C) groups is 1. The second-order valence-corrected chi connectivity index (χ2v) is 5.25. The molecule has 1 rings (SSSR count). The normalized spacial score (nSPS) is 17.9. The summed E-state index contributed by atoms with van der Waals surface area (Å²) < 4.78 is 0. The molecule has 0 amide bonds. The molecule has 0 saturated heterocycles. The van der Waals surface area contributed by atoms with E-state index in [4.69, 9.17) is 5.11 Å². The van der Waals surface area contributed by atoms with Crippen molar-refractivity contribution in [2.24, 2.45) is 4.99 Å². The summed E-state index contributed by atoms with van der Waals surface area (Å²) >= 11 is 0. The molecule has 6 heteroatoms. The molecule has 0 aliphatic rings. The third-order valence-corrected chi connectivity index (χ3v) is 3.19. The van der Waals surface area contributed by atoms with E-state index in [-0.39, 0.29) is 0 Å². The Hall–Kier alpha value is -1.31. The highest BCUT2D eigenvalue weighted by Gasteiger charge is 2.28. The second kappa shape index (κ2) is 8.21. The molecule has 6 nitrogen and oxygen atoms in total. The standard InChI is InChI=1S/C15H23NO5/c1-9(2)10-4-3-5-11(6-10)16-7-12(18)14(20)15(21)13(19)8-17/h3-7,9,12-15,17-21H,8H2,1-2H3/t12-,13+,14+,15+/m0/s1. The van der Waals surface area contributed by atoms with Crippen molar-refractivity contribution in [2.45, 2.75) is 44.2 Å². The fourth-order valence-corrected chi connectivity index (χ4v) is 1.75. The van der Waals surface area contributed by atoms with Gasteiger partial charge in [-0.25, -0.2) is 0 Å². The number of rotatable bonds is 7. The minimum Gasteiger partial charge on any atom is -0.394 e. The second-order valence-electron chi connectivity index (χ2n) is 5.25. The van der Waals surface area contributed by atoms with Crippen molar-refractivity contribution >= 4 is 11.9 Å². The van der Waals surface area contributed by atoms with E-state index in [1.54, 1.807) is 6.07 Å². The maximum atomic E-state index is 9.72. The van der Waals surface area contributed by atoms with Crippen LogP contribution in [0.5, 0.6) is 0 Å². The molecule has 1 aromatic carbocycles. The molecular formula is C15H23NO5. The number of aliphatic hydroxyl groups excluding tert-OH is 5. The lowest BCUT2D eigenvalue weighted by atomic mass is 10.0. The monoisotopic (exact) mass is 297 g/mol. The zero-order valence-electron chi connectivity index (χ0n) is 12.2. The van der Waals surface area contributed by atoms with Crippen LogP contribution in [0.1, 0.15) is 25.3 Å². The summed E-state index contributed by atoms with van der Waals surface area (Å²) in [7, 11) is 0. The summed E-state index contributed by atoms with van der Waals surface area (Å²) in [5.74, 6) is 0.345. The van der Waals surface area contributed by atoms with Crippen LogP contribution >= 0.6 is 0 Å². The zero-order chi connectivity index (χ0) is 16.0. The number of hydrogen-bond acceptors (Lipinski definition) is 6. The van der Waals surface area contributed by atoms with E-state index >= 15 is 0 Å². The summed E-state index contributed by atoms with van der Waals surface area (Å²) in [6.07, 6.45) is -5.17. The van der Waals surface area contributed by atoms with Crippen LogP contribution in [0.4, 0.5) is 5.69 Å². The molecule has 5 N–H and O–H groups in total. The van der Waals surface area contributed by atoms with Crippen LogP contribution in [0.25, 0.3) is 0 Å². The Kier molecular flexibility index (Phi) is 6.94. The van der Waals surface area contributed by atoms with Crippen LogP contribution in [0.3, 0.4) is 0 Å². The van der Waals surface area contributed by atoms with Gasteiger partial charge in [0.2, 0.25) is 0 Å². The van der Waals surface area contributed by atoms with Gasteiger partial charge in [0.05, 0.1) is 12.3 Å². The highest BCUT2D eigenvalue weighted by molar-refractivity contribution is 5.68. The molecule has 0 aromatic heterocycles. The molecule has 0 unspecified atom stereocenters. The van der Waals surface area contributed by atoms with Gasteiger partial charge in [-0.15, -0.1) is 0 Å². The zero-order valence-corrected chi connectivity index (χ0v) is 12.2. The van der Waals surface area contributed by atoms with Crippen molar-refractivity contribution in [3.8, 4) is 0 Å². The first-order chi connectivity index (χ1) is 9.86. The van der Waals surface area contributed by atoms with E-state index in [2.05, 4.69) is 4.99 Å². The van der Waals surface area contributed by atoms with E-state index < -0.39 is 31.0 Å². The Morgan fingerprint density at radius 1 is 1.10 bits per heavy atom. The molecule has 21 heavy (non-hydrogen) atoms. The number of benzene rings is 1. The lowest BCUT2D eigenvalue weighted by Crippen LogP contribution is -2.46. The largest absolute Gasteiger partial charge is 0.394 e. The highest BCUT2D eigenvalue weighted by Crippen LogP contribution is 2.20. The van der Waals surface area contributed by atoms with Crippen molar-refractivity contribution in [1.29, 1.82) is 0 Å². The molecular weight excluding hydrogens is 274 g/mol. The first kappa shape index (κ1) is 17.7. The summed E-state index contributed by atoms with van der Waals surface area (Å²) in [5, 5.41) is 46.8. The lowest BCUT2D eigenvalue weighted by Gasteiger charge is -2.23. The molecule has 1 aromatic rings. The van der Waals surface area contributed by atoms with Crippen molar-refractivity contribution in [3.05, 3.63) is 29.8 Å². The van der Waals surface area contributed by atoms with Gasteiger partial charge < -0.3 is 25.5 Å². The van der Waals surface area contributed by atoms with Gasteiger partial charge in [0.15, 0.2) is 0 Å². The quantitative estimate of drug-likeness (QED) is 0.453. The minimum atomic E-state index is -1.65. The predicted molar refractivity (Wildman–Crippen MR) is 79.8 cm³/mol. The van der Waals surface area contributed by atoms with Gasteiger partial charge in [-0.05, 0) is 23.6 Å². The fourth-order valence-electron chi connectivity index (χ4n) is 1.75. The smallest absolute Gasteiger partial charge is 0.118 e. The predicted octanol–water partition coefficient (Wildman–Crippen LogP) is -0.0518. The van der Waals surface area contributed by atoms with Crippen molar-refractivity contribution in [1.82, 2.24) is 0 Å². The van der Waals surface area contributed by atoms with Gasteiger partial charge in [-0.3, -0.25) is 4.99 Å². The molecule has 0 fully saturated rings. The van der Waals surface area contributed by atoms with E-state index in [1.165, 1.54) is 0 Å². The average molecular weight is 297 g/mol. The first-order valence-electron chi connectivity index (χ1n) is 6.84. The van der Waals surface area contributed by atoms with E-state index in [0.29, 0.717) is 11.6 Å². The highest BCUT2D eigenvalue weighted by atomic mass is 16.4. The van der Waals surface area contributed by atoms with Crippen LogP contribution in [0.15, 0.2) is 29.3 Å². The van der Waals surface area contributed by atoms with Gasteiger partial charge in [-0.2, -0.15) is 0 Å². The number of nitrogens with zero attached hydrogens (tertiary/aromatic N) is 1. The Bertz CT molecular complexity index is 463. The van der Waals surface area contributed by atoms with Gasteiger partial charge in [-0.1, -0.05) is 26.0 Å². The van der Waals surface area contributed by atoms with E-state index in [9.17, 15) is 20.4 Å². The van der Waals surface area contributed by atoms with Gasteiger partial charge in [0.25, 0.3) is 0 Å². The van der Waals surface area contributed by atoms with Crippen LogP contribution in [-0.4, -0.2) is 62.8 Å². The molecule has 0 radical (unpaired) electrons. The Balaban J connectivity index is 2.73. The lowest BCUT2D eigenvalue weighted by molar-refractivity contribution is -0.0999. The molecule has 0 saturated carbocycles. The van der Waals surface area contributed by atoms with Gasteiger partial charge in [0, 0.05) is 6.21 Å². The molecule has 0 aliphatic carbocycles. The molecule has 0 spiro atoms. The first-order valence-corrected chi connectivity index (χ1v) is 6.84. The SMILES string of the molecule is CC(C)c1cccc(N=C[C@H](O)[C@@H](O)[C@H](O)[C@H](O)CO)c1. The van der Waals surface area contributed by atoms with Crippen LogP contribution in [-0.2, 0) is 0 Å². The van der Waals surface area contributed by atoms with E-state index in [1.807, 2.05) is 32.0 Å². The van der Waals surface area contributed by atoms with Crippen LogP contribution < -0.4 is 0 Å². The van der Waals surface area contributed by atoms with Gasteiger partial charge >= 0.3 is 0 Å². The molecule has 4 atom stereocenters. The van der Waals surface area contributed by atoms with Crippen molar-refractivity contribution < 1.29 is 25.5 Å². The minimum absolute atomic E-state index is 0.345. The van der Waals surface area contributed by atoms with Crippen molar-refractivity contribution in [2.75, 3.05) is 6.61 Å². The molecule has 118 valence electrons. The Labute approximate surface area is 124 Å².